The monoisotopic (exact) mass is 277 g/mol. The Bertz CT molecular complexity index is 581. The lowest BCUT2D eigenvalue weighted by atomic mass is 10.1. The molecule has 2 aromatic heterocycles. The van der Waals surface area contributed by atoms with Crippen LogP contribution in [0.25, 0.3) is 10.2 Å². The third-order valence-electron chi connectivity index (χ3n) is 3.70. The first kappa shape index (κ1) is 12.6. The summed E-state index contributed by atoms with van der Waals surface area (Å²) in [5.41, 5.74) is 5.80. The molecule has 0 aliphatic carbocycles. The van der Waals surface area contributed by atoms with Crippen LogP contribution in [-0.2, 0) is 0 Å². The second-order valence-electron chi connectivity index (χ2n) is 5.34. The van der Waals surface area contributed by atoms with E-state index in [0.29, 0.717) is 11.9 Å². The Hall–Kier alpha value is -1.40. The highest BCUT2D eigenvalue weighted by Gasteiger charge is 2.22. The highest BCUT2D eigenvalue weighted by molar-refractivity contribution is 7.16. The van der Waals surface area contributed by atoms with Gasteiger partial charge in [0.05, 0.1) is 5.39 Å². The maximum absolute atomic E-state index is 5.80. The first-order valence-electron chi connectivity index (χ1n) is 6.54. The van der Waals surface area contributed by atoms with Gasteiger partial charge in [0.2, 0.25) is 5.95 Å². The number of nitrogen functional groups attached to an aromatic ring is 1. The summed E-state index contributed by atoms with van der Waals surface area (Å²) in [5.74, 6) is 2.03. The van der Waals surface area contributed by atoms with Gasteiger partial charge in [-0.15, -0.1) is 11.3 Å². The van der Waals surface area contributed by atoms with Crippen LogP contribution in [0.1, 0.15) is 6.42 Å². The standard InChI is InChI=1S/C13H19N5S/c1-17-5-3-9(7-17)8-18(2)11-10-4-6-19-12(10)16-13(14)15-11/h4,6,9H,3,5,7-8H2,1-2H3,(H2,14,15,16). The second kappa shape index (κ2) is 4.94. The van der Waals surface area contributed by atoms with Gasteiger partial charge in [-0.3, -0.25) is 0 Å². The maximum Gasteiger partial charge on any atom is 0.223 e. The largest absolute Gasteiger partial charge is 0.368 e. The molecule has 1 fully saturated rings. The van der Waals surface area contributed by atoms with Gasteiger partial charge < -0.3 is 15.5 Å². The fourth-order valence-electron chi connectivity index (χ4n) is 2.80. The Morgan fingerprint density at radius 2 is 2.37 bits per heavy atom. The molecule has 102 valence electrons. The number of rotatable bonds is 3. The van der Waals surface area contributed by atoms with Gasteiger partial charge in [0.25, 0.3) is 0 Å². The molecule has 5 nitrogen and oxygen atoms in total. The minimum atomic E-state index is 0.361. The van der Waals surface area contributed by atoms with Crippen LogP contribution in [0.3, 0.4) is 0 Å². The zero-order chi connectivity index (χ0) is 13.4. The molecule has 0 radical (unpaired) electrons. The highest BCUT2D eigenvalue weighted by Crippen LogP contribution is 2.29. The van der Waals surface area contributed by atoms with Crippen molar-refractivity contribution >= 4 is 33.3 Å². The van der Waals surface area contributed by atoms with Crippen LogP contribution in [-0.4, -0.2) is 48.6 Å². The summed E-state index contributed by atoms with van der Waals surface area (Å²) >= 11 is 1.61. The third-order valence-corrected chi connectivity index (χ3v) is 4.51. The Kier molecular flexibility index (Phi) is 3.28. The Morgan fingerprint density at radius 1 is 1.53 bits per heavy atom. The number of nitrogens with two attached hydrogens (primary N) is 1. The fraction of sp³-hybridized carbons (Fsp3) is 0.538. The van der Waals surface area contributed by atoms with Gasteiger partial charge in [-0.05, 0) is 37.4 Å². The molecule has 1 aliphatic rings. The van der Waals surface area contributed by atoms with Crippen molar-refractivity contribution in [3.8, 4) is 0 Å². The predicted octanol–water partition coefficient (Wildman–Crippen LogP) is 1.66. The van der Waals surface area contributed by atoms with Crippen molar-refractivity contribution in [2.45, 2.75) is 6.42 Å². The molecule has 1 saturated heterocycles. The molecular weight excluding hydrogens is 258 g/mol. The molecule has 0 bridgehead atoms. The number of fused-ring (bicyclic) bond motifs is 1. The molecule has 19 heavy (non-hydrogen) atoms. The van der Waals surface area contributed by atoms with Crippen LogP contribution in [0, 0.1) is 5.92 Å². The SMILES string of the molecule is CN1CCC(CN(C)c2nc(N)nc3sccc23)C1. The molecule has 3 heterocycles. The van der Waals surface area contributed by atoms with Gasteiger partial charge in [0.1, 0.15) is 10.6 Å². The molecular formula is C13H19N5S. The van der Waals surface area contributed by atoms with E-state index >= 15 is 0 Å². The van der Waals surface area contributed by atoms with Crippen molar-refractivity contribution in [3.63, 3.8) is 0 Å². The molecule has 2 N–H and O–H groups in total. The normalized spacial score (nSPS) is 20.2. The van der Waals surface area contributed by atoms with Crippen LogP contribution < -0.4 is 10.6 Å². The molecule has 0 aromatic carbocycles. The molecule has 1 atom stereocenters. The van der Waals surface area contributed by atoms with E-state index in [9.17, 15) is 0 Å². The smallest absolute Gasteiger partial charge is 0.223 e. The minimum absolute atomic E-state index is 0.361. The van der Waals surface area contributed by atoms with Crippen molar-refractivity contribution in [3.05, 3.63) is 11.4 Å². The summed E-state index contributed by atoms with van der Waals surface area (Å²) in [6.07, 6.45) is 1.26. The summed E-state index contributed by atoms with van der Waals surface area (Å²) in [5, 5.41) is 3.15. The summed E-state index contributed by atoms with van der Waals surface area (Å²) in [4.78, 5) is 14.3. The summed E-state index contributed by atoms with van der Waals surface area (Å²) in [6, 6.07) is 2.08. The van der Waals surface area contributed by atoms with Crippen molar-refractivity contribution in [2.24, 2.45) is 5.92 Å². The Morgan fingerprint density at radius 3 is 3.11 bits per heavy atom. The van der Waals surface area contributed by atoms with Gasteiger partial charge in [-0.25, -0.2) is 4.98 Å². The zero-order valence-corrected chi connectivity index (χ0v) is 12.2. The van der Waals surface area contributed by atoms with Crippen LogP contribution in [0.4, 0.5) is 11.8 Å². The minimum Gasteiger partial charge on any atom is -0.368 e. The molecule has 3 rings (SSSR count). The summed E-state index contributed by atoms with van der Waals surface area (Å²) in [6.45, 7) is 3.38. The van der Waals surface area contributed by atoms with E-state index in [1.807, 2.05) is 5.38 Å². The van der Waals surface area contributed by atoms with Gasteiger partial charge in [-0.2, -0.15) is 4.98 Å². The number of aromatic nitrogens is 2. The lowest BCUT2D eigenvalue weighted by molar-refractivity contribution is 0.396. The molecule has 0 amide bonds. The lowest BCUT2D eigenvalue weighted by Gasteiger charge is -2.22. The van der Waals surface area contributed by atoms with Crippen LogP contribution in [0.15, 0.2) is 11.4 Å². The van der Waals surface area contributed by atoms with Crippen LogP contribution in [0.2, 0.25) is 0 Å². The van der Waals surface area contributed by atoms with Crippen molar-refractivity contribution < 1.29 is 0 Å². The molecule has 1 aliphatic heterocycles. The fourth-order valence-corrected chi connectivity index (χ4v) is 3.56. The third kappa shape index (κ3) is 2.50. The Labute approximate surface area is 117 Å². The predicted molar refractivity (Wildman–Crippen MR) is 80.7 cm³/mol. The number of anilines is 2. The molecule has 1 unspecified atom stereocenters. The average Bonchev–Trinajstić information content (AvgIpc) is 2.96. The average molecular weight is 277 g/mol. The van der Waals surface area contributed by atoms with Gasteiger partial charge in [0.15, 0.2) is 0 Å². The quantitative estimate of drug-likeness (QED) is 0.924. The topological polar surface area (TPSA) is 58.3 Å². The zero-order valence-electron chi connectivity index (χ0n) is 11.3. The molecule has 2 aromatic rings. The number of hydrogen-bond donors (Lipinski definition) is 1. The number of nitrogens with zero attached hydrogens (tertiary/aromatic N) is 4. The summed E-state index contributed by atoms with van der Waals surface area (Å²) in [7, 11) is 4.27. The van der Waals surface area contributed by atoms with E-state index in [1.54, 1.807) is 11.3 Å². The molecule has 6 heteroatoms. The number of likely N-dealkylation sites (tertiary alicyclic amines) is 1. The van der Waals surface area contributed by atoms with Gasteiger partial charge >= 0.3 is 0 Å². The van der Waals surface area contributed by atoms with E-state index in [0.717, 1.165) is 29.1 Å². The van der Waals surface area contributed by atoms with Gasteiger partial charge in [0, 0.05) is 20.1 Å². The highest BCUT2D eigenvalue weighted by atomic mass is 32.1. The van der Waals surface area contributed by atoms with Crippen LogP contribution in [0.5, 0.6) is 0 Å². The van der Waals surface area contributed by atoms with E-state index in [4.69, 9.17) is 5.73 Å². The number of thiophene rings is 1. The first-order chi connectivity index (χ1) is 9.13. The molecule has 0 saturated carbocycles. The van der Waals surface area contributed by atoms with Crippen molar-refractivity contribution in [1.29, 1.82) is 0 Å². The van der Waals surface area contributed by atoms with E-state index < -0.39 is 0 Å². The van der Waals surface area contributed by atoms with E-state index in [2.05, 4.69) is 39.9 Å². The maximum atomic E-state index is 5.80. The number of hydrogen-bond acceptors (Lipinski definition) is 6. The first-order valence-corrected chi connectivity index (χ1v) is 7.42. The second-order valence-corrected chi connectivity index (χ2v) is 6.24. The lowest BCUT2D eigenvalue weighted by Crippen LogP contribution is -2.28. The van der Waals surface area contributed by atoms with E-state index in [1.165, 1.54) is 13.0 Å². The van der Waals surface area contributed by atoms with Crippen molar-refractivity contribution in [1.82, 2.24) is 14.9 Å². The van der Waals surface area contributed by atoms with Crippen molar-refractivity contribution in [2.75, 3.05) is 44.4 Å². The van der Waals surface area contributed by atoms with Crippen LogP contribution >= 0.6 is 11.3 Å². The Balaban J connectivity index is 1.84. The van der Waals surface area contributed by atoms with Gasteiger partial charge in [-0.1, -0.05) is 0 Å². The summed E-state index contributed by atoms with van der Waals surface area (Å²) < 4.78 is 0. The van der Waals surface area contributed by atoms with E-state index in [-0.39, 0.29) is 0 Å². The molecule has 0 spiro atoms.